The van der Waals surface area contributed by atoms with Gasteiger partial charge in [0.25, 0.3) is 0 Å². The number of hydrogen-bond donors (Lipinski definition) is 0. The van der Waals surface area contributed by atoms with E-state index in [2.05, 4.69) is 24.9 Å². The van der Waals surface area contributed by atoms with E-state index in [1.807, 2.05) is 0 Å². The lowest BCUT2D eigenvalue weighted by Gasteiger charge is -2.11. The minimum Gasteiger partial charge on any atom is -0.475 e. The van der Waals surface area contributed by atoms with Crippen LogP contribution in [-0.4, -0.2) is 18.0 Å². The predicted molar refractivity (Wildman–Crippen MR) is 54.0 cm³/mol. The highest BCUT2D eigenvalue weighted by molar-refractivity contribution is 5.94. The van der Waals surface area contributed by atoms with Gasteiger partial charge in [-0.2, -0.15) is 0 Å². The van der Waals surface area contributed by atoms with E-state index >= 15 is 0 Å². The standard InChI is InChI=1S/C11H17NO/c1-11(2)8-13-10(12-11)9-6-4-3-5-7-9/h6H,3-5,7-8H2,1-2H3. The number of hydrogen-bond acceptors (Lipinski definition) is 2. The molecule has 0 amide bonds. The summed E-state index contributed by atoms with van der Waals surface area (Å²) in [5, 5.41) is 0. The van der Waals surface area contributed by atoms with Crippen LogP contribution in [0, 0.1) is 0 Å². The Morgan fingerprint density at radius 3 is 2.77 bits per heavy atom. The Morgan fingerprint density at radius 1 is 1.38 bits per heavy atom. The SMILES string of the molecule is CC1(C)COC(C2=CCCCC2)=N1. The molecule has 0 unspecified atom stereocenters. The van der Waals surface area contributed by atoms with E-state index in [1.165, 1.54) is 24.8 Å². The molecule has 2 rings (SSSR count). The number of ether oxygens (including phenoxy) is 1. The fourth-order valence-electron chi connectivity index (χ4n) is 1.78. The molecule has 0 radical (unpaired) electrons. The second-order valence-corrected chi connectivity index (χ2v) is 4.49. The Balaban J connectivity index is 2.13. The summed E-state index contributed by atoms with van der Waals surface area (Å²) >= 11 is 0. The molecule has 0 N–H and O–H groups in total. The Hall–Kier alpha value is -0.790. The van der Waals surface area contributed by atoms with Crippen LogP contribution in [0.3, 0.4) is 0 Å². The summed E-state index contributed by atoms with van der Waals surface area (Å²) in [6, 6.07) is 0. The van der Waals surface area contributed by atoms with E-state index in [1.54, 1.807) is 0 Å². The monoisotopic (exact) mass is 179 g/mol. The number of rotatable bonds is 1. The Labute approximate surface area is 79.7 Å². The van der Waals surface area contributed by atoms with Crippen LogP contribution in [-0.2, 0) is 4.74 Å². The molecule has 0 spiro atoms. The summed E-state index contributed by atoms with van der Waals surface area (Å²) in [4.78, 5) is 4.57. The summed E-state index contributed by atoms with van der Waals surface area (Å²) in [6.07, 6.45) is 7.23. The van der Waals surface area contributed by atoms with Crippen LogP contribution in [0.25, 0.3) is 0 Å². The minimum atomic E-state index is -0.00633. The van der Waals surface area contributed by atoms with Crippen LogP contribution in [0.2, 0.25) is 0 Å². The van der Waals surface area contributed by atoms with Gasteiger partial charge in [0.05, 0.1) is 5.54 Å². The van der Waals surface area contributed by atoms with Crippen molar-refractivity contribution < 1.29 is 4.74 Å². The highest BCUT2D eigenvalue weighted by Crippen LogP contribution is 2.25. The van der Waals surface area contributed by atoms with Crippen molar-refractivity contribution in [2.45, 2.75) is 45.1 Å². The predicted octanol–water partition coefficient (Wildman–Crippen LogP) is 2.69. The van der Waals surface area contributed by atoms with Gasteiger partial charge >= 0.3 is 0 Å². The van der Waals surface area contributed by atoms with E-state index < -0.39 is 0 Å². The molecule has 0 atom stereocenters. The lowest BCUT2D eigenvalue weighted by atomic mass is 9.99. The van der Waals surface area contributed by atoms with Gasteiger partial charge in [-0.15, -0.1) is 0 Å². The zero-order valence-corrected chi connectivity index (χ0v) is 8.47. The van der Waals surface area contributed by atoms with Crippen molar-refractivity contribution in [3.63, 3.8) is 0 Å². The maximum atomic E-state index is 5.59. The third kappa shape index (κ3) is 1.93. The Morgan fingerprint density at radius 2 is 2.23 bits per heavy atom. The largest absolute Gasteiger partial charge is 0.475 e. The van der Waals surface area contributed by atoms with Crippen LogP contribution < -0.4 is 0 Å². The van der Waals surface area contributed by atoms with Gasteiger partial charge in [-0.1, -0.05) is 6.08 Å². The fourth-order valence-corrected chi connectivity index (χ4v) is 1.78. The fraction of sp³-hybridized carbons (Fsp3) is 0.727. The van der Waals surface area contributed by atoms with Crippen LogP contribution in [0.15, 0.2) is 16.6 Å². The van der Waals surface area contributed by atoms with E-state index in [0.29, 0.717) is 0 Å². The van der Waals surface area contributed by atoms with Crippen molar-refractivity contribution in [3.8, 4) is 0 Å². The van der Waals surface area contributed by atoms with Gasteiger partial charge in [-0.3, -0.25) is 0 Å². The van der Waals surface area contributed by atoms with Crippen molar-refractivity contribution in [3.05, 3.63) is 11.6 Å². The van der Waals surface area contributed by atoms with E-state index in [0.717, 1.165) is 18.9 Å². The second kappa shape index (κ2) is 3.17. The molecule has 0 saturated heterocycles. The lowest BCUT2D eigenvalue weighted by molar-refractivity contribution is 0.278. The molecule has 0 aromatic carbocycles. The number of aliphatic imine (C=N–C) groups is 1. The van der Waals surface area contributed by atoms with Gasteiger partial charge in [0.2, 0.25) is 5.90 Å². The number of nitrogens with zero attached hydrogens (tertiary/aromatic N) is 1. The van der Waals surface area contributed by atoms with Crippen LogP contribution >= 0.6 is 0 Å². The van der Waals surface area contributed by atoms with Crippen LogP contribution in [0.5, 0.6) is 0 Å². The summed E-state index contributed by atoms with van der Waals surface area (Å²) in [6.45, 7) is 4.96. The van der Waals surface area contributed by atoms with Crippen molar-refractivity contribution in [2.24, 2.45) is 4.99 Å². The topological polar surface area (TPSA) is 21.6 Å². The number of allylic oxidation sites excluding steroid dienone is 1. The third-order valence-electron chi connectivity index (χ3n) is 2.53. The molecule has 13 heavy (non-hydrogen) atoms. The highest BCUT2D eigenvalue weighted by Gasteiger charge is 2.28. The molecular formula is C11H17NO. The average Bonchev–Trinajstić information content (AvgIpc) is 2.48. The average molecular weight is 179 g/mol. The van der Waals surface area contributed by atoms with Gasteiger partial charge in [0, 0.05) is 5.57 Å². The van der Waals surface area contributed by atoms with Gasteiger partial charge in [0.1, 0.15) is 6.61 Å². The maximum absolute atomic E-state index is 5.59. The van der Waals surface area contributed by atoms with Crippen molar-refractivity contribution in [1.82, 2.24) is 0 Å². The third-order valence-corrected chi connectivity index (χ3v) is 2.53. The molecule has 72 valence electrons. The molecule has 1 heterocycles. The Kier molecular flexibility index (Phi) is 2.14. The van der Waals surface area contributed by atoms with Crippen LogP contribution in [0.4, 0.5) is 0 Å². The first-order valence-corrected chi connectivity index (χ1v) is 5.09. The Bertz CT molecular complexity index is 263. The lowest BCUT2D eigenvalue weighted by Crippen LogP contribution is -2.17. The van der Waals surface area contributed by atoms with Crippen LogP contribution in [0.1, 0.15) is 39.5 Å². The van der Waals surface area contributed by atoms with E-state index in [4.69, 9.17) is 4.74 Å². The zero-order chi connectivity index (χ0) is 9.31. The smallest absolute Gasteiger partial charge is 0.212 e. The first kappa shape index (κ1) is 8.79. The summed E-state index contributed by atoms with van der Waals surface area (Å²) < 4.78 is 5.59. The summed E-state index contributed by atoms with van der Waals surface area (Å²) in [5.74, 6) is 0.907. The molecule has 0 aromatic rings. The minimum absolute atomic E-state index is 0.00633. The molecule has 0 saturated carbocycles. The first-order valence-electron chi connectivity index (χ1n) is 5.09. The van der Waals surface area contributed by atoms with Gasteiger partial charge in [-0.05, 0) is 39.5 Å². The molecule has 2 nitrogen and oxygen atoms in total. The molecule has 0 bridgehead atoms. The second-order valence-electron chi connectivity index (χ2n) is 4.49. The molecular weight excluding hydrogens is 162 g/mol. The van der Waals surface area contributed by atoms with Gasteiger partial charge in [0.15, 0.2) is 0 Å². The van der Waals surface area contributed by atoms with Gasteiger partial charge in [-0.25, -0.2) is 4.99 Å². The van der Waals surface area contributed by atoms with Crippen molar-refractivity contribution >= 4 is 5.90 Å². The molecule has 1 aliphatic heterocycles. The van der Waals surface area contributed by atoms with E-state index in [9.17, 15) is 0 Å². The quantitative estimate of drug-likeness (QED) is 0.606. The van der Waals surface area contributed by atoms with E-state index in [-0.39, 0.29) is 5.54 Å². The molecule has 0 aromatic heterocycles. The highest BCUT2D eigenvalue weighted by atomic mass is 16.5. The zero-order valence-electron chi connectivity index (χ0n) is 8.47. The molecule has 1 aliphatic carbocycles. The summed E-state index contributed by atoms with van der Waals surface area (Å²) in [5.41, 5.74) is 1.32. The van der Waals surface area contributed by atoms with Crippen molar-refractivity contribution in [1.29, 1.82) is 0 Å². The molecule has 2 heteroatoms. The van der Waals surface area contributed by atoms with Gasteiger partial charge < -0.3 is 4.74 Å². The first-order chi connectivity index (χ1) is 6.17. The maximum Gasteiger partial charge on any atom is 0.212 e. The normalized spacial score (nSPS) is 26.3. The molecule has 2 aliphatic rings. The van der Waals surface area contributed by atoms with Crippen molar-refractivity contribution in [2.75, 3.05) is 6.61 Å². The summed E-state index contributed by atoms with van der Waals surface area (Å²) in [7, 11) is 0. The molecule has 0 fully saturated rings.